The van der Waals surface area contributed by atoms with Gasteiger partial charge in [0.15, 0.2) is 11.3 Å². The van der Waals surface area contributed by atoms with E-state index in [0.29, 0.717) is 23.6 Å². The zero-order valence-corrected chi connectivity index (χ0v) is 11.6. The molecule has 0 aliphatic heterocycles. The van der Waals surface area contributed by atoms with E-state index in [-0.39, 0.29) is 0 Å². The molecule has 5 heteroatoms. The van der Waals surface area contributed by atoms with Crippen LogP contribution in [0.2, 0.25) is 0 Å². The highest BCUT2D eigenvalue weighted by atomic mass is 16.5. The van der Waals surface area contributed by atoms with E-state index in [0.717, 1.165) is 11.1 Å². The summed E-state index contributed by atoms with van der Waals surface area (Å²) in [6.45, 7) is 2.09. The Balaban J connectivity index is 2.13. The summed E-state index contributed by atoms with van der Waals surface area (Å²) in [7, 11) is 0. The summed E-state index contributed by atoms with van der Waals surface area (Å²) in [6, 6.07) is 11.7. The van der Waals surface area contributed by atoms with Crippen molar-refractivity contribution in [3.63, 3.8) is 0 Å². The number of imidazole rings is 1. The lowest BCUT2D eigenvalue weighted by Crippen LogP contribution is -2.08. The zero-order chi connectivity index (χ0) is 14.8. The molecule has 0 amide bonds. The first-order chi connectivity index (χ1) is 10.2. The van der Waals surface area contributed by atoms with Crippen molar-refractivity contribution >= 4 is 17.3 Å². The Morgan fingerprint density at radius 3 is 2.76 bits per heavy atom. The van der Waals surface area contributed by atoms with E-state index in [4.69, 9.17) is 10.5 Å². The molecule has 0 bridgehead atoms. The lowest BCUT2D eigenvalue weighted by Gasteiger charge is -2.08. The first kappa shape index (κ1) is 13.2. The molecule has 21 heavy (non-hydrogen) atoms. The Morgan fingerprint density at radius 1 is 1.29 bits per heavy atom. The fourth-order valence-corrected chi connectivity index (χ4v) is 2.30. The minimum Gasteiger partial charge on any atom is -0.461 e. The second kappa shape index (κ2) is 5.28. The maximum absolute atomic E-state index is 11.9. The number of aromatic nitrogens is 2. The van der Waals surface area contributed by atoms with Gasteiger partial charge in [-0.15, -0.1) is 0 Å². The van der Waals surface area contributed by atoms with E-state index in [1.54, 1.807) is 17.5 Å². The molecule has 3 aromatic rings. The van der Waals surface area contributed by atoms with E-state index in [1.807, 2.05) is 36.4 Å². The van der Waals surface area contributed by atoms with Gasteiger partial charge in [-0.25, -0.2) is 9.78 Å². The minimum atomic E-state index is -0.406. The fraction of sp³-hybridized carbons (Fsp3) is 0.125. The number of nitrogens with two attached hydrogens (primary N) is 1. The van der Waals surface area contributed by atoms with Crippen molar-refractivity contribution < 1.29 is 9.53 Å². The molecule has 0 spiro atoms. The van der Waals surface area contributed by atoms with Gasteiger partial charge in [-0.05, 0) is 18.6 Å². The van der Waals surface area contributed by atoms with Crippen LogP contribution in [0.25, 0.3) is 16.8 Å². The van der Waals surface area contributed by atoms with E-state index >= 15 is 0 Å². The highest BCUT2D eigenvalue weighted by Crippen LogP contribution is 2.29. The SMILES string of the molecule is CCOC(=O)c1cnc2c(N)c(-c3ccccc3)ccn12. The number of carbonyl (C=O) groups is 1. The maximum Gasteiger partial charge on any atom is 0.356 e. The van der Waals surface area contributed by atoms with E-state index < -0.39 is 5.97 Å². The molecule has 0 saturated heterocycles. The van der Waals surface area contributed by atoms with Crippen molar-refractivity contribution in [1.29, 1.82) is 0 Å². The molecule has 5 nitrogen and oxygen atoms in total. The summed E-state index contributed by atoms with van der Waals surface area (Å²) >= 11 is 0. The number of rotatable bonds is 3. The fourth-order valence-electron chi connectivity index (χ4n) is 2.30. The molecule has 2 heterocycles. The van der Waals surface area contributed by atoms with Gasteiger partial charge >= 0.3 is 5.97 Å². The van der Waals surface area contributed by atoms with Crippen molar-refractivity contribution in [2.24, 2.45) is 0 Å². The summed E-state index contributed by atoms with van der Waals surface area (Å²) in [5.41, 5.74) is 9.58. The topological polar surface area (TPSA) is 69.6 Å². The average Bonchev–Trinajstić information content (AvgIpc) is 2.94. The zero-order valence-electron chi connectivity index (χ0n) is 11.6. The number of pyridine rings is 1. The lowest BCUT2D eigenvalue weighted by molar-refractivity contribution is 0.0518. The molecular weight excluding hydrogens is 266 g/mol. The van der Waals surface area contributed by atoms with Gasteiger partial charge < -0.3 is 10.5 Å². The molecule has 0 aliphatic rings. The number of ether oxygens (including phenoxy) is 1. The molecule has 0 saturated carbocycles. The molecule has 0 unspecified atom stereocenters. The third-order valence-corrected chi connectivity index (χ3v) is 3.29. The average molecular weight is 281 g/mol. The molecule has 106 valence electrons. The van der Waals surface area contributed by atoms with E-state index in [9.17, 15) is 4.79 Å². The summed E-state index contributed by atoms with van der Waals surface area (Å²) in [5.74, 6) is -0.406. The number of carbonyl (C=O) groups excluding carboxylic acids is 1. The Kier molecular flexibility index (Phi) is 3.31. The van der Waals surface area contributed by atoms with Crippen molar-refractivity contribution in [2.75, 3.05) is 12.3 Å². The van der Waals surface area contributed by atoms with Gasteiger partial charge in [-0.2, -0.15) is 0 Å². The number of nitrogens with zero attached hydrogens (tertiary/aromatic N) is 2. The lowest BCUT2D eigenvalue weighted by atomic mass is 10.1. The van der Waals surface area contributed by atoms with Crippen LogP contribution in [-0.4, -0.2) is 22.0 Å². The third kappa shape index (κ3) is 2.23. The van der Waals surface area contributed by atoms with Crippen LogP contribution in [0.4, 0.5) is 5.69 Å². The van der Waals surface area contributed by atoms with Gasteiger partial charge in [0.1, 0.15) is 0 Å². The Labute approximate surface area is 122 Å². The standard InChI is InChI=1S/C16H15N3O2/c1-2-21-16(20)13-10-18-15-14(17)12(8-9-19(13)15)11-6-4-3-5-7-11/h3-10H,2,17H2,1H3. The summed E-state index contributed by atoms with van der Waals surface area (Å²) in [5, 5.41) is 0. The minimum absolute atomic E-state index is 0.323. The monoisotopic (exact) mass is 281 g/mol. The molecule has 1 aromatic carbocycles. The molecular formula is C16H15N3O2. The first-order valence-electron chi connectivity index (χ1n) is 6.70. The quantitative estimate of drug-likeness (QED) is 0.749. The molecule has 2 aromatic heterocycles. The Morgan fingerprint density at radius 2 is 2.05 bits per heavy atom. The first-order valence-corrected chi connectivity index (χ1v) is 6.70. The van der Waals surface area contributed by atoms with Crippen LogP contribution >= 0.6 is 0 Å². The van der Waals surface area contributed by atoms with Crippen LogP contribution in [-0.2, 0) is 4.74 Å². The molecule has 2 N–H and O–H groups in total. The van der Waals surface area contributed by atoms with Crippen LogP contribution in [0, 0.1) is 0 Å². The summed E-state index contributed by atoms with van der Waals surface area (Å²) < 4.78 is 6.66. The van der Waals surface area contributed by atoms with E-state index in [2.05, 4.69) is 4.98 Å². The Hall–Kier alpha value is -2.82. The molecule has 0 fully saturated rings. The summed E-state index contributed by atoms with van der Waals surface area (Å²) in [4.78, 5) is 16.1. The molecule has 0 aliphatic carbocycles. The number of benzene rings is 1. The van der Waals surface area contributed by atoms with Crippen molar-refractivity contribution in [2.45, 2.75) is 6.92 Å². The smallest absolute Gasteiger partial charge is 0.356 e. The number of esters is 1. The van der Waals surface area contributed by atoms with Crippen molar-refractivity contribution in [1.82, 2.24) is 9.38 Å². The van der Waals surface area contributed by atoms with Gasteiger partial charge in [-0.3, -0.25) is 4.40 Å². The maximum atomic E-state index is 11.9. The predicted octanol–water partition coefficient (Wildman–Crippen LogP) is 2.76. The van der Waals surface area contributed by atoms with Gasteiger partial charge in [0, 0.05) is 11.8 Å². The second-order valence-corrected chi connectivity index (χ2v) is 4.57. The van der Waals surface area contributed by atoms with Gasteiger partial charge in [0.05, 0.1) is 18.5 Å². The van der Waals surface area contributed by atoms with Crippen LogP contribution in [0.5, 0.6) is 0 Å². The predicted molar refractivity (Wildman–Crippen MR) is 81.0 cm³/mol. The van der Waals surface area contributed by atoms with Crippen molar-refractivity contribution in [3.8, 4) is 11.1 Å². The van der Waals surface area contributed by atoms with E-state index in [1.165, 1.54) is 6.20 Å². The normalized spacial score (nSPS) is 10.7. The largest absolute Gasteiger partial charge is 0.461 e. The van der Waals surface area contributed by atoms with Crippen LogP contribution in [0.15, 0.2) is 48.8 Å². The number of anilines is 1. The molecule has 0 radical (unpaired) electrons. The van der Waals surface area contributed by atoms with Crippen molar-refractivity contribution in [3.05, 3.63) is 54.5 Å². The number of hydrogen-bond donors (Lipinski definition) is 1. The van der Waals surface area contributed by atoms with Gasteiger partial charge in [-0.1, -0.05) is 30.3 Å². The number of nitrogen functional groups attached to an aromatic ring is 1. The highest BCUT2D eigenvalue weighted by molar-refractivity contribution is 5.91. The Bertz CT molecular complexity index is 794. The molecule has 0 atom stereocenters. The number of fused-ring (bicyclic) bond motifs is 1. The molecule has 3 rings (SSSR count). The van der Waals surface area contributed by atoms with Crippen LogP contribution < -0.4 is 5.73 Å². The van der Waals surface area contributed by atoms with Gasteiger partial charge in [0.25, 0.3) is 0 Å². The van der Waals surface area contributed by atoms with Crippen LogP contribution in [0.1, 0.15) is 17.4 Å². The number of hydrogen-bond acceptors (Lipinski definition) is 4. The second-order valence-electron chi connectivity index (χ2n) is 4.57. The summed E-state index contributed by atoms with van der Waals surface area (Å²) in [6.07, 6.45) is 3.27. The van der Waals surface area contributed by atoms with Crippen LogP contribution in [0.3, 0.4) is 0 Å². The highest BCUT2D eigenvalue weighted by Gasteiger charge is 2.16. The van der Waals surface area contributed by atoms with Gasteiger partial charge in [0.2, 0.25) is 0 Å². The third-order valence-electron chi connectivity index (χ3n) is 3.29.